The van der Waals surface area contributed by atoms with Crippen LogP contribution < -0.4 is 5.32 Å². The predicted molar refractivity (Wildman–Crippen MR) is 140 cm³/mol. The SMILES string of the molecule is COC1=CC(C)=NC(=O)C1CNC(=O)c1cc2c(-c3cn[nH]c3)ccn2c(C(C)N2CCOCC2)c1C. The van der Waals surface area contributed by atoms with E-state index in [2.05, 4.69) is 42.9 Å². The molecule has 194 valence electrons. The highest BCUT2D eigenvalue weighted by Crippen LogP contribution is 2.33. The minimum Gasteiger partial charge on any atom is -0.500 e. The molecule has 0 aliphatic carbocycles. The van der Waals surface area contributed by atoms with Gasteiger partial charge in [-0.15, -0.1) is 0 Å². The molecule has 2 aliphatic heterocycles. The zero-order chi connectivity index (χ0) is 26.1. The number of hydrogen-bond acceptors (Lipinski definition) is 6. The molecule has 10 heteroatoms. The van der Waals surface area contributed by atoms with Crippen LogP contribution >= 0.6 is 0 Å². The molecule has 0 spiro atoms. The highest BCUT2D eigenvalue weighted by atomic mass is 16.5. The van der Waals surface area contributed by atoms with Crippen LogP contribution in [0, 0.1) is 12.8 Å². The Kier molecular flexibility index (Phi) is 6.94. The van der Waals surface area contributed by atoms with Crippen molar-refractivity contribution in [1.82, 2.24) is 24.8 Å². The first-order valence-corrected chi connectivity index (χ1v) is 12.5. The van der Waals surface area contributed by atoms with Crippen LogP contribution in [-0.2, 0) is 14.3 Å². The number of morpholine rings is 1. The van der Waals surface area contributed by atoms with Gasteiger partial charge in [-0.3, -0.25) is 19.6 Å². The first-order chi connectivity index (χ1) is 17.9. The second-order valence-corrected chi connectivity index (χ2v) is 9.47. The number of nitrogens with zero attached hydrogens (tertiary/aromatic N) is 4. The van der Waals surface area contributed by atoms with Crippen molar-refractivity contribution in [3.8, 4) is 11.1 Å². The number of allylic oxidation sites excluding steroid dienone is 1. The van der Waals surface area contributed by atoms with Crippen LogP contribution in [0.5, 0.6) is 0 Å². The number of amides is 2. The number of nitrogens with one attached hydrogen (secondary N) is 2. The van der Waals surface area contributed by atoms with Crippen LogP contribution in [0.25, 0.3) is 16.6 Å². The minimum absolute atomic E-state index is 0.0593. The van der Waals surface area contributed by atoms with E-state index in [1.807, 2.05) is 25.3 Å². The van der Waals surface area contributed by atoms with Crippen molar-refractivity contribution in [2.45, 2.75) is 26.8 Å². The quantitative estimate of drug-likeness (QED) is 0.512. The van der Waals surface area contributed by atoms with Gasteiger partial charge >= 0.3 is 0 Å². The molecule has 3 aromatic rings. The molecule has 3 aromatic heterocycles. The zero-order valence-corrected chi connectivity index (χ0v) is 21.6. The van der Waals surface area contributed by atoms with Gasteiger partial charge in [0.25, 0.3) is 11.8 Å². The van der Waals surface area contributed by atoms with Gasteiger partial charge in [0.1, 0.15) is 11.7 Å². The van der Waals surface area contributed by atoms with Gasteiger partial charge in [-0.2, -0.15) is 5.10 Å². The molecule has 0 aromatic carbocycles. The van der Waals surface area contributed by atoms with Gasteiger partial charge < -0.3 is 19.2 Å². The maximum absolute atomic E-state index is 13.6. The third-order valence-corrected chi connectivity index (χ3v) is 7.28. The molecule has 2 amide bonds. The monoisotopic (exact) mass is 504 g/mol. The van der Waals surface area contributed by atoms with Crippen molar-refractivity contribution in [2.24, 2.45) is 10.9 Å². The highest BCUT2D eigenvalue weighted by molar-refractivity contribution is 6.06. The number of carbonyl (C=O) groups excluding carboxylic acids is 2. The Morgan fingerprint density at radius 2 is 2.11 bits per heavy atom. The third kappa shape index (κ3) is 4.70. The Hall–Kier alpha value is -3.76. The van der Waals surface area contributed by atoms with Crippen LogP contribution in [0.4, 0.5) is 0 Å². The predicted octanol–water partition coefficient (Wildman–Crippen LogP) is 2.91. The van der Waals surface area contributed by atoms with Gasteiger partial charge in [0.2, 0.25) is 0 Å². The third-order valence-electron chi connectivity index (χ3n) is 7.28. The van der Waals surface area contributed by atoms with Gasteiger partial charge in [0, 0.05) is 66.2 Å². The number of pyridine rings is 1. The lowest BCUT2D eigenvalue weighted by atomic mass is 9.98. The first kappa shape index (κ1) is 24.9. The first-order valence-electron chi connectivity index (χ1n) is 12.5. The number of H-pyrrole nitrogens is 1. The molecule has 0 bridgehead atoms. The number of ether oxygens (including phenoxy) is 2. The molecule has 2 unspecified atom stereocenters. The maximum Gasteiger partial charge on any atom is 0.258 e. The van der Waals surface area contributed by atoms with Crippen molar-refractivity contribution < 1.29 is 19.1 Å². The summed E-state index contributed by atoms with van der Waals surface area (Å²) in [6.45, 7) is 9.02. The van der Waals surface area contributed by atoms with Crippen LogP contribution in [0.15, 0.2) is 47.6 Å². The summed E-state index contributed by atoms with van der Waals surface area (Å²) in [5, 5.41) is 9.94. The molecule has 10 nitrogen and oxygen atoms in total. The number of dihydropyridines is 1. The number of rotatable bonds is 7. The van der Waals surface area contributed by atoms with Crippen LogP contribution in [0.2, 0.25) is 0 Å². The number of carbonyl (C=O) groups is 2. The van der Waals surface area contributed by atoms with E-state index < -0.39 is 5.92 Å². The fourth-order valence-corrected chi connectivity index (χ4v) is 5.29. The summed E-state index contributed by atoms with van der Waals surface area (Å²) in [5.41, 5.74) is 5.94. The lowest BCUT2D eigenvalue weighted by molar-refractivity contribution is -0.121. The fraction of sp³-hybridized carbons (Fsp3) is 0.407. The lowest BCUT2D eigenvalue weighted by Crippen LogP contribution is -2.39. The smallest absolute Gasteiger partial charge is 0.258 e. The maximum atomic E-state index is 13.6. The van der Waals surface area contributed by atoms with E-state index in [-0.39, 0.29) is 24.4 Å². The second-order valence-electron chi connectivity index (χ2n) is 9.47. The largest absolute Gasteiger partial charge is 0.500 e. The average molecular weight is 505 g/mol. The van der Waals surface area contributed by atoms with Crippen molar-refractivity contribution in [1.29, 1.82) is 0 Å². The van der Waals surface area contributed by atoms with E-state index in [9.17, 15) is 9.59 Å². The standard InChI is InChI=1S/C27H32N6O4/c1-16-11-24(36-4)22(27(35)31-16)15-28-26(34)21-12-23-20(19-13-29-30-14-19)5-6-33(23)25(17(21)2)18(3)32-7-9-37-10-8-32/h5-6,11-14,18,22H,7-10,15H2,1-4H3,(H,28,34)(H,29,30). The molecule has 2 atom stereocenters. The Morgan fingerprint density at radius 1 is 1.32 bits per heavy atom. The number of aliphatic imine (C=N–C) groups is 1. The number of methoxy groups -OCH3 is 1. The summed E-state index contributed by atoms with van der Waals surface area (Å²) in [5.74, 6) is -0.715. The summed E-state index contributed by atoms with van der Waals surface area (Å²) in [6, 6.07) is 4.03. The molecule has 1 saturated heterocycles. The number of aromatic amines is 1. The molecule has 5 rings (SSSR count). The van der Waals surface area contributed by atoms with E-state index in [0.29, 0.717) is 30.2 Å². The zero-order valence-electron chi connectivity index (χ0n) is 21.6. The van der Waals surface area contributed by atoms with Crippen LogP contribution in [0.3, 0.4) is 0 Å². The topological polar surface area (TPSA) is 113 Å². The van der Waals surface area contributed by atoms with Crippen molar-refractivity contribution in [3.63, 3.8) is 0 Å². The normalized spacial score (nSPS) is 19.5. The summed E-state index contributed by atoms with van der Waals surface area (Å²) in [4.78, 5) is 32.6. The second kappa shape index (κ2) is 10.3. The number of fused-ring (bicyclic) bond motifs is 1. The summed E-state index contributed by atoms with van der Waals surface area (Å²) in [7, 11) is 1.52. The van der Waals surface area contributed by atoms with Gasteiger partial charge in [-0.05, 0) is 44.5 Å². The summed E-state index contributed by atoms with van der Waals surface area (Å²) in [6.07, 6.45) is 7.40. The molecule has 0 radical (unpaired) electrons. The van der Waals surface area contributed by atoms with E-state index in [0.717, 1.165) is 41.0 Å². The van der Waals surface area contributed by atoms with Crippen molar-refractivity contribution in [3.05, 3.63) is 59.4 Å². The van der Waals surface area contributed by atoms with Gasteiger partial charge in [-0.1, -0.05) is 0 Å². The Morgan fingerprint density at radius 3 is 2.81 bits per heavy atom. The molecule has 37 heavy (non-hydrogen) atoms. The van der Waals surface area contributed by atoms with E-state index in [1.165, 1.54) is 7.11 Å². The van der Waals surface area contributed by atoms with Crippen molar-refractivity contribution >= 4 is 23.0 Å². The van der Waals surface area contributed by atoms with E-state index in [1.54, 1.807) is 19.2 Å². The summed E-state index contributed by atoms with van der Waals surface area (Å²) >= 11 is 0. The van der Waals surface area contributed by atoms with E-state index >= 15 is 0 Å². The minimum atomic E-state index is -0.650. The molecule has 0 saturated carbocycles. The molecule has 2 N–H and O–H groups in total. The highest BCUT2D eigenvalue weighted by Gasteiger charge is 2.30. The van der Waals surface area contributed by atoms with Gasteiger partial charge in [-0.25, -0.2) is 4.99 Å². The Balaban J connectivity index is 1.52. The summed E-state index contributed by atoms with van der Waals surface area (Å²) < 4.78 is 13.1. The Labute approximate surface area is 215 Å². The molecular weight excluding hydrogens is 472 g/mol. The van der Waals surface area contributed by atoms with Crippen LogP contribution in [-0.4, -0.2) is 77.0 Å². The lowest BCUT2D eigenvalue weighted by Gasteiger charge is -2.34. The molecule has 2 aliphatic rings. The number of hydrogen-bond donors (Lipinski definition) is 2. The fourth-order valence-electron chi connectivity index (χ4n) is 5.29. The van der Waals surface area contributed by atoms with Gasteiger partial charge in [0.15, 0.2) is 0 Å². The molecule has 1 fully saturated rings. The average Bonchev–Trinajstić information content (AvgIpc) is 3.57. The number of aromatic nitrogens is 3. The van der Waals surface area contributed by atoms with Gasteiger partial charge in [0.05, 0.1) is 32.0 Å². The van der Waals surface area contributed by atoms with E-state index in [4.69, 9.17) is 9.47 Å². The van der Waals surface area contributed by atoms with Crippen molar-refractivity contribution in [2.75, 3.05) is 40.0 Å². The molecule has 5 heterocycles. The Bertz CT molecular complexity index is 1380. The van der Waals surface area contributed by atoms with Crippen LogP contribution in [0.1, 0.15) is 41.5 Å². The molecular formula is C27H32N6O4.